The van der Waals surface area contributed by atoms with Gasteiger partial charge in [0.05, 0.1) is 12.6 Å². The van der Waals surface area contributed by atoms with Crippen molar-refractivity contribution in [3.8, 4) is 5.75 Å². The number of rotatable bonds is 6. The summed E-state index contributed by atoms with van der Waals surface area (Å²) in [6.45, 7) is 3.92. The predicted octanol–water partition coefficient (Wildman–Crippen LogP) is 3.14. The number of nitrogens with one attached hydrogen (secondary N) is 1. The van der Waals surface area contributed by atoms with Gasteiger partial charge in [0.25, 0.3) is 0 Å². The van der Waals surface area contributed by atoms with E-state index in [0.29, 0.717) is 5.92 Å². The normalized spacial score (nSPS) is 19.6. The Balaban J connectivity index is 0.00000182. The number of amides is 1. The van der Waals surface area contributed by atoms with Gasteiger partial charge in [0.15, 0.2) is 0 Å². The molecule has 0 aromatic heterocycles. The molecular weight excluding hydrogens is 385 g/mol. The Hall–Kier alpha value is -1.01. The maximum atomic E-state index is 12.3. The summed E-state index contributed by atoms with van der Waals surface area (Å²) in [5.41, 5.74) is 6.93. The van der Waals surface area contributed by atoms with Crippen LogP contribution in [-0.4, -0.2) is 43.1 Å². The van der Waals surface area contributed by atoms with Gasteiger partial charge in [-0.15, -0.1) is 24.8 Å². The third-order valence-corrected chi connectivity index (χ3v) is 5.77. The highest BCUT2D eigenvalue weighted by Crippen LogP contribution is 2.27. The molecule has 0 bridgehead atoms. The van der Waals surface area contributed by atoms with Gasteiger partial charge < -0.3 is 15.8 Å². The number of likely N-dealkylation sites (tertiary alicyclic amines) is 1. The molecule has 0 spiro atoms. The van der Waals surface area contributed by atoms with Crippen molar-refractivity contribution in [3.63, 3.8) is 0 Å². The van der Waals surface area contributed by atoms with Crippen LogP contribution >= 0.6 is 24.8 Å². The van der Waals surface area contributed by atoms with Gasteiger partial charge >= 0.3 is 0 Å². The molecule has 1 amide bonds. The second-order valence-electron chi connectivity index (χ2n) is 7.64. The summed E-state index contributed by atoms with van der Waals surface area (Å²) in [5.74, 6) is 1.53. The Kier molecular flexibility index (Phi) is 9.88. The minimum Gasteiger partial charge on any atom is -0.497 e. The first kappa shape index (κ1) is 24.0. The van der Waals surface area contributed by atoms with E-state index in [-0.39, 0.29) is 30.7 Å². The average Bonchev–Trinajstić information content (AvgIpc) is 3.09. The fraction of sp³-hybridized carbons (Fsp3) is 0.650. The van der Waals surface area contributed by atoms with Crippen molar-refractivity contribution in [2.75, 3.05) is 26.7 Å². The molecule has 2 aliphatic rings. The highest BCUT2D eigenvalue weighted by atomic mass is 35.5. The van der Waals surface area contributed by atoms with Crippen molar-refractivity contribution in [2.45, 2.75) is 50.6 Å². The van der Waals surface area contributed by atoms with Crippen LogP contribution in [0.2, 0.25) is 0 Å². The van der Waals surface area contributed by atoms with Crippen LogP contribution in [0.15, 0.2) is 24.3 Å². The van der Waals surface area contributed by atoms with E-state index in [1.807, 2.05) is 12.1 Å². The van der Waals surface area contributed by atoms with Crippen molar-refractivity contribution in [2.24, 2.45) is 11.7 Å². The van der Waals surface area contributed by atoms with Crippen LogP contribution in [-0.2, 0) is 11.3 Å². The summed E-state index contributed by atoms with van der Waals surface area (Å²) in [4.78, 5) is 14.8. The molecule has 3 rings (SSSR count). The quantitative estimate of drug-likeness (QED) is 0.745. The molecule has 3 N–H and O–H groups in total. The van der Waals surface area contributed by atoms with Crippen LogP contribution in [0, 0.1) is 5.92 Å². The number of methoxy groups -OCH3 is 1. The zero-order valence-electron chi connectivity index (χ0n) is 16.1. The average molecular weight is 418 g/mol. The second-order valence-corrected chi connectivity index (χ2v) is 7.64. The smallest absolute Gasteiger partial charge is 0.240 e. The van der Waals surface area contributed by atoms with Gasteiger partial charge in [0.2, 0.25) is 5.91 Å². The Morgan fingerprint density at radius 2 is 1.78 bits per heavy atom. The minimum atomic E-state index is -0.602. The van der Waals surface area contributed by atoms with Gasteiger partial charge in [-0.05, 0) is 62.4 Å². The monoisotopic (exact) mass is 417 g/mol. The van der Waals surface area contributed by atoms with Gasteiger partial charge in [-0.2, -0.15) is 0 Å². The van der Waals surface area contributed by atoms with E-state index in [0.717, 1.165) is 70.5 Å². The lowest BCUT2D eigenvalue weighted by Gasteiger charge is -2.32. The standard InChI is InChI=1S/C20H31N3O2.2ClH/c1-25-18-6-4-17(5-7-18)15-23-12-8-16(9-13-23)14-22-19(24)20(21)10-2-3-11-20;;/h4-7,16H,2-3,8-15,21H2,1H3,(H,22,24);2*1H. The molecule has 154 valence electrons. The van der Waals surface area contributed by atoms with E-state index >= 15 is 0 Å². The van der Waals surface area contributed by atoms with Crippen molar-refractivity contribution < 1.29 is 9.53 Å². The van der Waals surface area contributed by atoms with Crippen molar-refractivity contribution in [1.82, 2.24) is 10.2 Å². The van der Waals surface area contributed by atoms with E-state index in [1.54, 1.807) is 7.11 Å². The molecule has 0 unspecified atom stereocenters. The highest BCUT2D eigenvalue weighted by molar-refractivity contribution is 5.86. The number of nitrogens with two attached hydrogens (primary N) is 1. The molecule has 0 atom stereocenters. The molecule has 0 radical (unpaired) electrons. The molecule has 1 aliphatic carbocycles. The van der Waals surface area contributed by atoms with Crippen LogP contribution in [0.5, 0.6) is 5.75 Å². The molecule has 1 aliphatic heterocycles. The lowest BCUT2D eigenvalue weighted by atomic mass is 9.94. The number of benzene rings is 1. The van der Waals surface area contributed by atoms with Gasteiger partial charge in [-0.3, -0.25) is 9.69 Å². The number of carbonyl (C=O) groups excluding carboxylic acids is 1. The maximum Gasteiger partial charge on any atom is 0.240 e. The zero-order valence-corrected chi connectivity index (χ0v) is 17.7. The second kappa shape index (κ2) is 11.1. The Bertz CT molecular complexity index is 569. The van der Waals surface area contributed by atoms with E-state index in [4.69, 9.17) is 10.5 Å². The summed E-state index contributed by atoms with van der Waals surface area (Å²) in [7, 11) is 1.69. The van der Waals surface area contributed by atoms with Crippen molar-refractivity contribution in [3.05, 3.63) is 29.8 Å². The first-order valence-electron chi connectivity index (χ1n) is 9.51. The first-order valence-corrected chi connectivity index (χ1v) is 9.51. The van der Waals surface area contributed by atoms with Crippen LogP contribution in [0.3, 0.4) is 0 Å². The fourth-order valence-electron chi connectivity index (χ4n) is 3.98. The van der Waals surface area contributed by atoms with Crippen LogP contribution < -0.4 is 15.8 Å². The summed E-state index contributed by atoms with van der Waals surface area (Å²) in [5, 5.41) is 3.12. The van der Waals surface area contributed by atoms with Crippen LogP contribution in [0.4, 0.5) is 0 Å². The van der Waals surface area contributed by atoms with E-state index in [9.17, 15) is 4.79 Å². The van der Waals surface area contributed by atoms with Crippen LogP contribution in [0.25, 0.3) is 0 Å². The van der Waals surface area contributed by atoms with Gasteiger partial charge in [-0.1, -0.05) is 25.0 Å². The lowest BCUT2D eigenvalue weighted by molar-refractivity contribution is -0.126. The zero-order chi connectivity index (χ0) is 17.7. The highest BCUT2D eigenvalue weighted by Gasteiger charge is 2.37. The molecule has 1 aromatic carbocycles. The molecule has 1 aromatic rings. The predicted molar refractivity (Wildman–Crippen MR) is 114 cm³/mol. The molecule has 5 nitrogen and oxygen atoms in total. The number of hydrogen-bond donors (Lipinski definition) is 2. The van der Waals surface area contributed by atoms with Crippen LogP contribution in [0.1, 0.15) is 44.1 Å². The molecule has 1 saturated carbocycles. The van der Waals surface area contributed by atoms with E-state index in [2.05, 4.69) is 22.3 Å². The van der Waals surface area contributed by atoms with Crippen molar-refractivity contribution in [1.29, 1.82) is 0 Å². The van der Waals surface area contributed by atoms with Gasteiger partial charge in [0.1, 0.15) is 5.75 Å². The summed E-state index contributed by atoms with van der Waals surface area (Å²) >= 11 is 0. The van der Waals surface area contributed by atoms with Gasteiger partial charge in [-0.25, -0.2) is 0 Å². The summed E-state index contributed by atoms with van der Waals surface area (Å²) in [6, 6.07) is 8.30. The topological polar surface area (TPSA) is 67.6 Å². The number of piperidine rings is 1. The summed E-state index contributed by atoms with van der Waals surface area (Å²) < 4.78 is 5.21. The lowest BCUT2D eigenvalue weighted by Crippen LogP contribution is -2.53. The molecule has 27 heavy (non-hydrogen) atoms. The molecule has 1 heterocycles. The third-order valence-electron chi connectivity index (χ3n) is 5.77. The molecule has 7 heteroatoms. The van der Waals surface area contributed by atoms with Gasteiger partial charge in [0, 0.05) is 13.1 Å². The number of carbonyl (C=O) groups is 1. The first-order chi connectivity index (χ1) is 12.1. The molecule has 2 fully saturated rings. The largest absolute Gasteiger partial charge is 0.497 e. The number of halogens is 2. The Labute approximate surface area is 175 Å². The van der Waals surface area contributed by atoms with E-state index in [1.165, 1.54) is 5.56 Å². The molecule has 1 saturated heterocycles. The summed E-state index contributed by atoms with van der Waals surface area (Å²) in [6.07, 6.45) is 6.08. The number of nitrogens with zero attached hydrogens (tertiary/aromatic N) is 1. The number of hydrogen-bond acceptors (Lipinski definition) is 4. The number of ether oxygens (including phenoxy) is 1. The maximum absolute atomic E-state index is 12.3. The SMILES string of the molecule is COc1ccc(CN2CCC(CNC(=O)C3(N)CCCC3)CC2)cc1.Cl.Cl. The fourth-order valence-corrected chi connectivity index (χ4v) is 3.98. The third kappa shape index (κ3) is 6.53. The van der Waals surface area contributed by atoms with Crippen molar-refractivity contribution >= 4 is 30.7 Å². The Morgan fingerprint density at radius 1 is 1.19 bits per heavy atom. The minimum absolute atomic E-state index is 0. The molecular formula is C20H33Cl2N3O2. The van der Waals surface area contributed by atoms with E-state index < -0.39 is 5.54 Å². The Morgan fingerprint density at radius 3 is 2.33 bits per heavy atom.